The lowest BCUT2D eigenvalue weighted by atomic mass is 10.1. The van der Waals surface area contributed by atoms with Crippen molar-refractivity contribution < 1.29 is 4.79 Å². The van der Waals surface area contributed by atoms with Gasteiger partial charge in [-0.15, -0.1) is 0 Å². The highest BCUT2D eigenvalue weighted by atomic mass is 32.1. The second kappa shape index (κ2) is 7.07. The number of carbonyl (C=O) groups excluding carboxylic acids is 1. The normalized spacial score (nSPS) is 18.7. The fourth-order valence-corrected chi connectivity index (χ4v) is 3.73. The SMILES string of the molecule is Cn1cc([C@@H]2CCCN2CC(=O)NCCc2ccsc2)cn1. The Labute approximate surface area is 134 Å². The highest BCUT2D eigenvalue weighted by Gasteiger charge is 2.28. The number of thiophene rings is 1. The van der Waals surface area contributed by atoms with Crippen LogP contribution < -0.4 is 5.32 Å². The van der Waals surface area contributed by atoms with Crippen molar-refractivity contribution >= 4 is 17.2 Å². The average Bonchev–Trinajstić information content (AvgIpc) is 3.20. The monoisotopic (exact) mass is 318 g/mol. The fourth-order valence-electron chi connectivity index (χ4n) is 3.03. The van der Waals surface area contributed by atoms with Crippen molar-refractivity contribution in [1.82, 2.24) is 20.0 Å². The van der Waals surface area contributed by atoms with Crippen LogP contribution in [0.2, 0.25) is 0 Å². The summed E-state index contributed by atoms with van der Waals surface area (Å²) in [6.07, 6.45) is 7.12. The van der Waals surface area contributed by atoms with Crippen LogP contribution in [0.3, 0.4) is 0 Å². The Bertz CT molecular complexity index is 607. The summed E-state index contributed by atoms with van der Waals surface area (Å²) in [6, 6.07) is 2.44. The predicted octanol–water partition coefficient (Wildman–Crippen LogP) is 1.98. The number of hydrogen-bond donors (Lipinski definition) is 1. The van der Waals surface area contributed by atoms with E-state index in [1.165, 1.54) is 11.1 Å². The Morgan fingerprint density at radius 1 is 1.55 bits per heavy atom. The summed E-state index contributed by atoms with van der Waals surface area (Å²) in [5.41, 5.74) is 2.51. The van der Waals surface area contributed by atoms with Gasteiger partial charge in [-0.25, -0.2) is 0 Å². The maximum atomic E-state index is 12.1. The largest absolute Gasteiger partial charge is 0.355 e. The molecule has 6 heteroatoms. The highest BCUT2D eigenvalue weighted by Crippen LogP contribution is 2.30. The summed E-state index contributed by atoms with van der Waals surface area (Å²) < 4.78 is 1.83. The second-order valence-electron chi connectivity index (χ2n) is 5.81. The first-order valence-corrected chi connectivity index (χ1v) is 8.67. The van der Waals surface area contributed by atoms with Crippen LogP contribution in [0, 0.1) is 0 Å². The number of nitrogens with one attached hydrogen (secondary N) is 1. The first-order valence-electron chi connectivity index (χ1n) is 7.73. The molecule has 0 unspecified atom stereocenters. The number of aryl methyl sites for hydroxylation is 1. The molecule has 0 radical (unpaired) electrons. The van der Waals surface area contributed by atoms with Gasteiger partial charge in [0.05, 0.1) is 12.7 Å². The van der Waals surface area contributed by atoms with E-state index < -0.39 is 0 Å². The molecule has 3 heterocycles. The van der Waals surface area contributed by atoms with Crippen LogP contribution in [-0.4, -0.2) is 40.2 Å². The number of hydrogen-bond acceptors (Lipinski definition) is 4. The molecule has 5 nitrogen and oxygen atoms in total. The van der Waals surface area contributed by atoms with Crippen molar-refractivity contribution in [2.75, 3.05) is 19.6 Å². The molecule has 1 fully saturated rings. The second-order valence-corrected chi connectivity index (χ2v) is 6.59. The molecule has 0 aliphatic carbocycles. The molecule has 1 saturated heterocycles. The van der Waals surface area contributed by atoms with E-state index in [0.29, 0.717) is 19.1 Å². The number of carbonyl (C=O) groups is 1. The van der Waals surface area contributed by atoms with Crippen molar-refractivity contribution in [2.24, 2.45) is 7.05 Å². The Hall–Kier alpha value is -1.66. The summed E-state index contributed by atoms with van der Waals surface area (Å²) in [5.74, 6) is 0.117. The molecule has 2 aromatic rings. The van der Waals surface area contributed by atoms with Crippen LogP contribution >= 0.6 is 11.3 Å². The van der Waals surface area contributed by atoms with Crippen LogP contribution in [0.15, 0.2) is 29.2 Å². The fraction of sp³-hybridized carbons (Fsp3) is 0.500. The zero-order chi connectivity index (χ0) is 15.4. The number of nitrogens with zero attached hydrogens (tertiary/aromatic N) is 3. The van der Waals surface area contributed by atoms with Crippen molar-refractivity contribution in [3.05, 3.63) is 40.3 Å². The molecule has 118 valence electrons. The van der Waals surface area contributed by atoms with Crippen molar-refractivity contribution in [2.45, 2.75) is 25.3 Å². The summed E-state index contributed by atoms with van der Waals surface area (Å²) in [5, 5.41) is 11.5. The molecule has 0 bridgehead atoms. The molecule has 0 saturated carbocycles. The molecule has 1 amide bonds. The van der Waals surface area contributed by atoms with Gasteiger partial charge in [-0.1, -0.05) is 0 Å². The van der Waals surface area contributed by atoms with Crippen molar-refractivity contribution in [3.63, 3.8) is 0 Å². The molecule has 1 atom stereocenters. The zero-order valence-electron chi connectivity index (χ0n) is 12.9. The molecule has 1 N–H and O–H groups in total. The van der Waals surface area contributed by atoms with Gasteiger partial charge in [0, 0.05) is 31.4 Å². The minimum absolute atomic E-state index is 0.117. The van der Waals surface area contributed by atoms with Crippen LogP contribution in [-0.2, 0) is 18.3 Å². The maximum Gasteiger partial charge on any atom is 0.234 e. The first-order chi connectivity index (χ1) is 10.7. The summed E-state index contributed by atoms with van der Waals surface area (Å²) >= 11 is 1.70. The summed E-state index contributed by atoms with van der Waals surface area (Å²) in [4.78, 5) is 14.4. The van der Waals surface area contributed by atoms with Crippen LogP contribution in [0.4, 0.5) is 0 Å². The smallest absolute Gasteiger partial charge is 0.234 e. The Morgan fingerprint density at radius 2 is 2.45 bits per heavy atom. The lowest BCUT2D eigenvalue weighted by molar-refractivity contribution is -0.122. The summed E-state index contributed by atoms with van der Waals surface area (Å²) in [7, 11) is 1.93. The third-order valence-electron chi connectivity index (χ3n) is 4.14. The molecule has 0 spiro atoms. The van der Waals surface area contributed by atoms with Gasteiger partial charge in [0.2, 0.25) is 5.91 Å². The predicted molar refractivity (Wildman–Crippen MR) is 87.8 cm³/mol. The zero-order valence-corrected chi connectivity index (χ0v) is 13.7. The molecule has 3 rings (SSSR count). The van der Waals surface area contributed by atoms with Gasteiger partial charge in [0.25, 0.3) is 0 Å². The maximum absolute atomic E-state index is 12.1. The van der Waals surface area contributed by atoms with Crippen molar-refractivity contribution in [3.8, 4) is 0 Å². The molecular formula is C16H22N4OS. The Morgan fingerprint density at radius 3 is 3.18 bits per heavy atom. The van der Waals surface area contributed by atoms with Crippen molar-refractivity contribution in [1.29, 1.82) is 0 Å². The van der Waals surface area contributed by atoms with Gasteiger partial charge in [-0.3, -0.25) is 14.4 Å². The minimum atomic E-state index is 0.117. The molecule has 22 heavy (non-hydrogen) atoms. The third-order valence-corrected chi connectivity index (χ3v) is 4.87. The van der Waals surface area contributed by atoms with Crippen LogP contribution in [0.1, 0.15) is 30.0 Å². The lowest BCUT2D eigenvalue weighted by Crippen LogP contribution is -2.37. The molecule has 1 aliphatic rings. The van der Waals surface area contributed by atoms with E-state index in [1.54, 1.807) is 11.3 Å². The van der Waals surface area contributed by atoms with Gasteiger partial charge >= 0.3 is 0 Å². The van der Waals surface area contributed by atoms with E-state index in [9.17, 15) is 4.79 Å². The average molecular weight is 318 g/mol. The van der Waals surface area contributed by atoms with E-state index >= 15 is 0 Å². The van der Waals surface area contributed by atoms with Gasteiger partial charge in [0.15, 0.2) is 0 Å². The lowest BCUT2D eigenvalue weighted by Gasteiger charge is -2.22. The molecular weight excluding hydrogens is 296 g/mol. The molecule has 0 aromatic carbocycles. The van der Waals surface area contributed by atoms with Gasteiger partial charge in [-0.05, 0) is 48.2 Å². The van der Waals surface area contributed by atoms with Gasteiger partial charge < -0.3 is 5.32 Å². The third kappa shape index (κ3) is 3.75. The summed E-state index contributed by atoms with van der Waals surface area (Å²) in [6.45, 7) is 2.17. The van der Waals surface area contributed by atoms with E-state index in [0.717, 1.165) is 25.8 Å². The number of aromatic nitrogens is 2. The van der Waals surface area contributed by atoms with Crippen LogP contribution in [0.25, 0.3) is 0 Å². The van der Waals surface area contributed by atoms with Gasteiger partial charge in [0.1, 0.15) is 0 Å². The van der Waals surface area contributed by atoms with E-state index in [1.807, 2.05) is 17.9 Å². The Kier molecular flexibility index (Phi) is 4.90. The number of rotatable bonds is 6. The first kappa shape index (κ1) is 15.2. The van der Waals surface area contributed by atoms with E-state index in [2.05, 4.69) is 38.3 Å². The standard InChI is InChI=1S/C16H22N4OS/c1-19-10-14(9-18-19)15-3-2-7-20(15)11-16(21)17-6-4-13-5-8-22-12-13/h5,8-10,12,15H,2-4,6-7,11H2,1H3,(H,17,21)/t15-/m0/s1. The highest BCUT2D eigenvalue weighted by molar-refractivity contribution is 7.07. The van der Waals surface area contributed by atoms with Gasteiger partial charge in [-0.2, -0.15) is 16.4 Å². The number of amides is 1. The minimum Gasteiger partial charge on any atom is -0.355 e. The van der Waals surface area contributed by atoms with E-state index in [-0.39, 0.29) is 5.91 Å². The van der Waals surface area contributed by atoms with Crippen LogP contribution in [0.5, 0.6) is 0 Å². The quantitative estimate of drug-likeness (QED) is 0.886. The molecule has 2 aromatic heterocycles. The molecule has 1 aliphatic heterocycles. The Balaban J connectivity index is 1.47. The topological polar surface area (TPSA) is 50.2 Å². The van der Waals surface area contributed by atoms with E-state index in [4.69, 9.17) is 0 Å². The number of likely N-dealkylation sites (tertiary alicyclic amines) is 1.